The van der Waals surface area contributed by atoms with Gasteiger partial charge in [-0.2, -0.15) is 8.78 Å². The largest absolute Gasteiger partial charge is 0.489 e. The Labute approximate surface area is 316 Å². The highest BCUT2D eigenvalue weighted by molar-refractivity contribution is 7.92. The molecule has 1 saturated carbocycles. The Morgan fingerprint density at radius 3 is 2.51 bits per heavy atom. The lowest BCUT2D eigenvalue weighted by Gasteiger charge is -2.30. The number of aromatic nitrogens is 1. The highest BCUT2D eigenvalue weighted by Gasteiger charge is 2.27. The minimum Gasteiger partial charge on any atom is -0.489 e. The van der Waals surface area contributed by atoms with Crippen molar-refractivity contribution in [2.24, 2.45) is 5.92 Å². The van der Waals surface area contributed by atoms with Gasteiger partial charge in [0.2, 0.25) is 10.0 Å². The lowest BCUT2D eigenvalue weighted by molar-refractivity contribution is -0.150. The van der Waals surface area contributed by atoms with Crippen LogP contribution in [0.15, 0.2) is 80.0 Å². The fourth-order valence-electron chi connectivity index (χ4n) is 5.77. The van der Waals surface area contributed by atoms with Gasteiger partial charge in [0.1, 0.15) is 12.6 Å². The van der Waals surface area contributed by atoms with Gasteiger partial charge in [0.25, 0.3) is 0 Å². The van der Waals surface area contributed by atoms with Crippen molar-refractivity contribution in [3.8, 4) is 11.5 Å². The van der Waals surface area contributed by atoms with Crippen molar-refractivity contribution in [1.29, 1.82) is 0 Å². The molecule has 5 rings (SSSR count). The van der Waals surface area contributed by atoms with E-state index in [2.05, 4.69) is 16.2 Å². The first-order chi connectivity index (χ1) is 25.3. The quantitative estimate of drug-likeness (QED) is 0.103. The van der Waals surface area contributed by atoms with Crippen molar-refractivity contribution in [2.75, 3.05) is 56.6 Å². The summed E-state index contributed by atoms with van der Waals surface area (Å²) in [4.78, 5) is 28.8. The monoisotopic (exact) mass is 799 g/mol. The molecule has 1 aliphatic heterocycles. The summed E-state index contributed by atoms with van der Waals surface area (Å²) in [5.41, 5.74) is 1.32. The molecule has 3 aromatic rings. The molecular weight excluding hydrogens is 759 g/mol. The summed E-state index contributed by atoms with van der Waals surface area (Å²) in [6.45, 7) is 5.13. The highest BCUT2D eigenvalue weighted by atomic mass is 35.5. The van der Waals surface area contributed by atoms with E-state index in [1.807, 2.05) is 0 Å². The van der Waals surface area contributed by atoms with Gasteiger partial charge in [-0.15, -0.1) is 0 Å². The predicted octanol–water partition coefficient (Wildman–Crippen LogP) is 6.58. The van der Waals surface area contributed by atoms with Crippen LogP contribution in [0.2, 0.25) is 0 Å². The van der Waals surface area contributed by atoms with E-state index >= 15 is 0 Å². The number of ether oxygens (including phenoxy) is 4. The smallest absolute Gasteiger partial charge is 0.420 e. The molecule has 12 nitrogen and oxygen atoms in total. The molecule has 1 aliphatic carbocycles. The van der Waals surface area contributed by atoms with Crippen LogP contribution in [-0.2, 0) is 30.8 Å². The number of morpholine rings is 1. The van der Waals surface area contributed by atoms with Crippen molar-refractivity contribution in [3.05, 3.63) is 86.9 Å². The Morgan fingerprint density at radius 2 is 1.87 bits per heavy atom. The highest BCUT2D eigenvalue weighted by Crippen LogP contribution is 2.39. The molecule has 1 atom stereocenters. The van der Waals surface area contributed by atoms with Crippen molar-refractivity contribution in [3.63, 3.8) is 0 Å². The Morgan fingerprint density at radius 1 is 1.13 bits per heavy atom. The summed E-state index contributed by atoms with van der Waals surface area (Å²) >= 11 is 13.0. The molecule has 288 valence electrons. The van der Waals surface area contributed by atoms with E-state index < -0.39 is 41.0 Å². The zero-order valence-electron chi connectivity index (χ0n) is 29.3. The van der Waals surface area contributed by atoms with Gasteiger partial charge in [-0.05, 0) is 61.1 Å². The van der Waals surface area contributed by atoms with Crippen LogP contribution < -0.4 is 19.5 Å². The molecule has 0 spiro atoms. The number of nitrogens with zero attached hydrogens (tertiary/aromatic N) is 3. The lowest BCUT2D eigenvalue weighted by Crippen LogP contribution is -2.43. The number of carbonyl (C=O) groups excluding carboxylic acids is 1. The van der Waals surface area contributed by atoms with Gasteiger partial charge >= 0.3 is 18.3 Å². The number of rotatable bonds is 18. The third-order valence-corrected chi connectivity index (χ3v) is 10.8. The maximum Gasteiger partial charge on any atom is 0.420 e. The number of sulfonamides is 1. The zero-order chi connectivity index (χ0) is 38.3. The van der Waals surface area contributed by atoms with E-state index in [4.69, 9.17) is 41.8 Å². The number of allylic oxidation sites excluding steroid dienone is 4. The van der Waals surface area contributed by atoms with Crippen LogP contribution in [0.1, 0.15) is 37.9 Å². The molecule has 53 heavy (non-hydrogen) atoms. The van der Waals surface area contributed by atoms with Crippen LogP contribution in [0.5, 0.6) is 11.5 Å². The van der Waals surface area contributed by atoms with Gasteiger partial charge in [0, 0.05) is 48.7 Å². The maximum absolute atomic E-state index is 13.6. The number of oxazole rings is 1. The molecule has 17 heteroatoms. The minimum atomic E-state index is -3.70. The summed E-state index contributed by atoms with van der Waals surface area (Å²) in [5, 5.41) is 0.456. The molecule has 2 fully saturated rings. The molecule has 0 amide bonds. The van der Waals surface area contributed by atoms with E-state index in [0.717, 1.165) is 23.7 Å². The average Bonchev–Trinajstić information content (AvgIpc) is 3.91. The fourth-order valence-corrected chi connectivity index (χ4v) is 7.09. The van der Waals surface area contributed by atoms with Gasteiger partial charge in [0.05, 0.1) is 37.3 Å². The number of hydrogen-bond donors (Lipinski definition) is 0. The second kappa shape index (κ2) is 18.0. The molecule has 2 heterocycles. The van der Waals surface area contributed by atoms with Gasteiger partial charge in [-0.3, -0.25) is 18.6 Å². The first-order valence-electron chi connectivity index (χ1n) is 16.9. The molecule has 0 unspecified atom stereocenters. The number of fused-ring (bicyclic) bond motifs is 1. The zero-order valence-corrected chi connectivity index (χ0v) is 31.6. The van der Waals surface area contributed by atoms with Crippen molar-refractivity contribution in [2.45, 2.75) is 45.4 Å². The van der Waals surface area contributed by atoms with E-state index in [-0.39, 0.29) is 51.3 Å². The molecule has 0 N–H and O–H groups in total. The first kappa shape index (κ1) is 40.3. The maximum atomic E-state index is 13.6. The lowest BCUT2D eigenvalue weighted by atomic mass is 9.99. The molecule has 0 radical (unpaired) electrons. The summed E-state index contributed by atoms with van der Waals surface area (Å²) in [6.07, 6.45) is 4.82. The van der Waals surface area contributed by atoms with Crippen LogP contribution in [0, 0.1) is 5.92 Å². The van der Waals surface area contributed by atoms with Crippen molar-refractivity contribution >= 4 is 56.0 Å². The van der Waals surface area contributed by atoms with Crippen molar-refractivity contribution in [1.82, 2.24) is 9.47 Å². The molecule has 1 saturated heterocycles. The van der Waals surface area contributed by atoms with Crippen LogP contribution in [0.25, 0.3) is 11.1 Å². The number of esters is 1. The standard InChI is InChI=1S/C36H41Cl2F2N3O9S/c1-4-27(37)26(28(38)5-2)20-31(24-8-11-30(51-35(39)40)33(18-24)49-22-23-6-7-23)50-34(44)21-42-29-10-9-25(19-32(29)52-36(42)45)43(53(3,46)47)13-12-41-14-16-48-17-15-41/h4-5,8-11,18-19,23,31,35H,1,6-7,12-17,20-22H2,2-3H3/b27-26+,28-5+/t31-/m0/s1. The van der Waals surface area contributed by atoms with Crippen LogP contribution in [0.3, 0.4) is 0 Å². The summed E-state index contributed by atoms with van der Waals surface area (Å²) in [7, 11) is -3.70. The van der Waals surface area contributed by atoms with E-state index in [0.29, 0.717) is 56.5 Å². The van der Waals surface area contributed by atoms with Gasteiger partial charge in [-0.1, -0.05) is 48.0 Å². The SMILES string of the molecule is C=C/C(Cl)=C(C[C@H](OC(=O)Cn1c(=O)oc2cc(N(CCN3CCOCC3)S(C)(=O)=O)ccc21)c1ccc(OC(F)F)c(OCC2CC2)c1)\C(Cl)=C/C. The van der Waals surface area contributed by atoms with Gasteiger partial charge < -0.3 is 23.4 Å². The number of carbonyl (C=O) groups is 1. The number of halogens is 4. The van der Waals surface area contributed by atoms with E-state index in [1.54, 1.807) is 13.0 Å². The molecular formula is C36H41Cl2F2N3O9S. The van der Waals surface area contributed by atoms with Crippen molar-refractivity contribution < 1.29 is 45.4 Å². The number of alkyl halides is 2. The number of anilines is 1. The molecule has 1 aromatic heterocycles. The number of hydrogen-bond acceptors (Lipinski definition) is 10. The minimum absolute atomic E-state index is 0.0363. The van der Waals surface area contributed by atoms with E-state index in [9.17, 15) is 26.8 Å². The second-order valence-electron chi connectivity index (χ2n) is 12.6. The normalized spacial score (nSPS) is 16.7. The van der Waals surface area contributed by atoms with Crippen LogP contribution in [-0.4, -0.2) is 82.7 Å². The average molecular weight is 801 g/mol. The first-order valence-corrected chi connectivity index (χ1v) is 19.5. The summed E-state index contributed by atoms with van der Waals surface area (Å²) < 4.78 is 81.6. The molecule has 0 bridgehead atoms. The van der Waals surface area contributed by atoms with Gasteiger partial charge in [-0.25, -0.2) is 13.2 Å². The Bertz CT molecular complexity index is 2020. The van der Waals surface area contributed by atoms with Crippen LogP contribution in [0.4, 0.5) is 14.5 Å². The topological polar surface area (TPSA) is 130 Å². The number of benzene rings is 2. The third kappa shape index (κ3) is 10.8. The summed E-state index contributed by atoms with van der Waals surface area (Å²) in [5.74, 6) is -1.58. The Balaban J connectivity index is 1.42. The van der Waals surface area contributed by atoms with Gasteiger partial charge in [0.15, 0.2) is 17.1 Å². The second-order valence-corrected chi connectivity index (χ2v) is 15.3. The predicted molar refractivity (Wildman–Crippen MR) is 197 cm³/mol. The Hall–Kier alpha value is -3.89. The molecule has 2 aromatic carbocycles. The molecule has 2 aliphatic rings. The Kier molecular flexibility index (Phi) is 13.7. The third-order valence-electron chi connectivity index (χ3n) is 8.75. The summed E-state index contributed by atoms with van der Waals surface area (Å²) in [6, 6.07) is 8.66. The van der Waals surface area contributed by atoms with Crippen LogP contribution >= 0.6 is 23.2 Å². The fraction of sp³-hybridized carbons (Fsp3) is 0.444. The van der Waals surface area contributed by atoms with E-state index in [1.165, 1.54) is 46.8 Å².